The van der Waals surface area contributed by atoms with Gasteiger partial charge in [0.05, 0.1) is 19.8 Å². The van der Waals surface area contributed by atoms with E-state index in [1.807, 2.05) is 13.1 Å². The van der Waals surface area contributed by atoms with Gasteiger partial charge in [-0.05, 0) is 31.2 Å². The Morgan fingerprint density at radius 2 is 2.17 bits per heavy atom. The Hall–Kier alpha value is -0.490. The molecule has 0 spiro atoms. The average Bonchev–Trinajstić information content (AvgIpc) is 2.35. The van der Waals surface area contributed by atoms with Gasteiger partial charge in [0.25, 0.3) is 0 Å². The summed E-state index contributed by atoms with van der Waals surface area (Å²) < 4.78 is 24.8. The van der Waals surface area contributed by atoms with Gasteiger partial charge < -0.3 is 14.8 Å². The molecule has 0 bridgehead atoms. The van der Waals surface area contributed by atoms with E-state index in [1.54, 1.807) is 13.2 Å². The molecule has 1 unspecified atom stereocenters. The van der Waals surface area contributed by atoms with Crippen molar-refractivity contribution in [3.63, 3.8) is 0 Å². The molecule has 0 aromatic heterocycles. The zero-order valence-electron chi connectivity index (χ0n) is 10.7. The second-order valence-electron chi connectivity index (χ2n) is 3.99. The van der Waals surface area contributed by atoms with Crippen LogP contribution >= 0.6 is 15.9 Å². The predicted octanol–water partition coefficient (Wildman–Crippen LogP) is 2.38. The fourth-order valence-corrected chi connectivity index (χ4v) is 1.90. The maximum absolute atomic E-state index is 13.7. The first-order valence-corrected chi connectivity index (χ1v) is 6.64. The van der Waals surface area contributed by atoms with Crippen LogP contribution in [0.2, 0.25) is 0 Å². The fraction of sp³-hybridized carbons (Fsp3) is 0.538. The summed E-state index contributed by atoms with van der Waals surface area (Å²) >= 11 is 3.24. The second kappa shape index (κ2) is 8.58. The summed E-state index contributed by atoms with van der Waals surface area (Å²) in [5.74, 6) is -0.193. The summed E-state index contributed by atoms with van der Waals surface area (Å²) in [6.45, 7) is 1.66. The quantitative estimate of drug-likeness (QED) is 0.746. The van der Waals surface area contributed by atoms with E-state index in [1.165, 1.54) is 6.07 Å². The lowest BCUT2D eigenvalue weighted by molar-refractivity contribution is 0.0597. The van der Waals surface area contributed by atoms with Gasteiger partial charge in [-0.25, -0.2) is 4.39 Å². The Balaban J connectivity index is 2.46. The molecule has 1 atom stereocenters. The largest absolute Gasteiger partial charge is 0.382 e. The van der Waals surface area contributed by atoms with Gasteiger partial charge >= 0.3 is 0 Å². The molecule has 1 N–H and O–H groups in total. The van der Waals surface area contributed by atoms with Crippen LogP contribution in [0, 0.1) is 5.82 Å². The number of ether oxygens (including phenoxy) is 2. The van der Waals surface area contributed by atoms with E-state index >= 15 is 0 Å². The molecule has 0 heterocycles. The Morgan fingerprint density at radius 3 is 2.78 bits per heavy atom. The smallest absolute Gasteiger partial charge is 0.127 e. The van der Waals surface area contributed by atoms with Crippen LogP contribution < -0.4 is 5.32 Å². The molecule has 102 valence electrons. The molecule has 18 heavy (non-hydrogen) atoms. The number of methoxy groups -OCH3 is 1. The van der Waals surface area contributed by atoms with Crippen LogP contribution in [0.3, 0.4) is 0 Å². The summed E-state index contributed by atoms with van der Waals surface area (Å²) in [6.07, 6.45) is 0.600. The third-order valence-corrected chi connectivity index (χ3v) is 3.13. The summed E-state index contributed by atoms with van der Waals surface area (Å²) in [5.41, 5.74) is 0.688. The maximum atomic E-state index is 13.7. The number of likely N-dealkylation sites (N-methyl/N-ethyl adjacent to an activating group) is 1. The minimum Gasteiger partial charge on any atom is -0.382 e. The fourth-order valence-electron chi connectivity index (χ4n) is 1.56. The van der Waals surface area contributed by atoms with Crippen LogP contribution in [-0.4, -0.2) is 40.0 Å². The predicted molar refractivity (Wildman–Crippen MR) is 73.3 cm³/mol. The van der Waals surface area contributed by atoms with Gasteiger partial charge in [0.15, 0.2) is 0 Å². The maximum Gasteiger partial charge on any atom is 0.127 e. The van der Waals surface area contributed by atoms with Crippen molar-refractivity contribution in [1.29, 1.82) is 0 Å². The lowest BCUT2D eigenvalue weighted by Gasteiger charge is -2.17. The first-order chi connectivity index (χ1) is 8.67. The van der Waals surface area contributed by atoms with Crippen molar-refractivity contribution < 1.29 is 13.9 Å². The van der Waals surface area contributed by atoms with Crippen LogP contribution in [0.4, 0.5) is 4.39 Å². The number of halogens is 2. The van der Waals surface area contributed by atoms with Crippen molar-refractivity contribution in [3.05, 3.63) is 34.1 Å². The molecule has 0 saturated heterocycles. The average molecular weight is 320 g/mol. The third kappa shape index (κ3) is 5.44. The van der Waals surface area contributed by atoms with Crippen molar-refractivity contribution in [2.24, 2.45) is 0 Å². The molecule has 3 nitrogen and oxygen atoms in total. The van der Waals surface area contributed by atoms with E-state index in [0.717, 1.165) is 4.47 Å². The van der Waals surface area contributed by atoms with Crippen LogP contribution in [-0.2, 0) is 15.9 Å². The summed E-state index contributed by atoms with van der Waals surface area (Å²) in [5, 5.41) is 3.13. The van der Waals surface area contributed by atoms with Gasteiger partial charge in [0.1, 0.15) is 5.82 Å². The van der Waals surface area contributed by atoms with E-state index in [-0.39, 0.29) is 11.9 Å². The molecular weight excluding hydrogens is 301 g/mol. The molecular formula is C13H19BrFNO2. The van der Waals surface area contributed by atoms with Gasteiger partial charge in [-0.3, -0.25) is 0 Å². The van der Waals surface area contributed by atoms with E-state index in [0.29, 0.717) is 31.8 Å². The molecule has 0 saturated carbocycles. The van der Waals surface area contributed by atoms with E-state index in [9.17, 15) is 4.39 Å². The SMILES string of the molecule is CNC(COCCOC)Cc1ccc(Br)cc1F. The molecule has 0 aliphatic rings. The van der Waals surface area contributed by atoms with Crippen LogP contribution in [0.5, 0.6) is 0 Å². The number of hydrogen-bond acceptors (Lipinski definition) is 3. The molecule has 0 aliphatic carbocycles. The molecule has 1 aromatic rings. The minimum atomic E-state index is -0.193. The highest BCUT2D eigenvalue weighted by Gasteiger charge is 2.11. The second-order valence-corrected chi connectivity index (χ2v) is 4.91. The number of benzene rings is 1. The number of rotatable bonds is 8. The van der Waals surface area contributed by atoms with Crippen LogP contribution in [0.1, 0.15) is 5.56 Å². The van der Waals surface area contributed by atoms with Crippen molar-refractivity contribution in [2.45, 2.75) is 12.5 Å². The Bertz CT molecular complexity index is 363. The van der Waals surface area contributed by atoms with Crippen LogP contribution in [0.25, 0.3) is 0 Å². The molecule has 0 radical (unpaired) electrons. The van der Waals surface area contributed by atoms with Gasteiger partial charge in [-0.15, -0.1) is 0 Å². The Kier molecular flexibility index (Phi) is 7.42. The highest BCUT2D eigenvalue weighted by Crippen LogP contribution is 2.16. The van der Waals surface area contributed by atoms with E-state index < -0.39 is 0 Å². The highest BCUT2D eigenvalue weighted by atomic mass is 79.9. The van der Waals surface area contributed by atoms with Gasteiger partial charge in [0.2, 0.25) is 0 Å². The van der Waals surface area contributed by atoms with Gasteiger partial charge in [0, 0.05) is 17.6 Å². The molecule has 0 fully saturated rings. The topological polar surface area (TPSA) is 30.5 Å². The summed E-state index contributed by atoms with van der Waals surface area (Å²) in [6, 6.07) is 5.21. The molecule has 5 heteroatoms. The van der Waals surface area contributed by atoms with Crippen molar-refractivity contribution in [1.82, 2.24) is 5.32 Å². The lowest BCUT2D eigenvalue weighted by Crippen LogP contribution is -2.33. The van der Waals surface area contributed by atoms with Crippen LogP contribution in [0.15, 0.2) is 22.7 Å². The van der Waals surface area contributed by atoms with Crippen molar-refractivity contribution in [3.8, 4) is 0 Å². The molecule has 0 aliphatic heterocycles. The highest BCUT2D eigenvalue weighted by molar-refractivity contribution is 9.10. The monoisotopic (exact) mass is 319 g/mol. The van der Waals surface area contributed by atoms with Crippen molar-refractivity contribution >= 4 is 15.9 Å². The van der Waals surface area contributed by atoms with E-state index in [2.05, 4.69) is 21.2 Å². The number of nitrogens with one attached hydrogen (secondary N) is 1. The zero-order chi connectivity index (χ0) is 13.4. The lowest BCUT2D eigenvalue weighted by atomic mass is 10.1. The summed E-state index contributed by atoms with van der Waals surface area (Å²) in [7, 11) is 3.48. The normalized spacial score (nSPS) is 12.7. The minimum absolute atomic E-state index is 0.0949. The Labute approximate surface area is 116 Å². The van der Waals surface area contributed by atoms with Gasteiger partial charge in [-0.1, -0.05) is 22.0 Å². The summed E-state index contributed by atoms with van der Waals surface area (Å²) in [4.78, 5) is 0. The Morgan fingerprint density at radius 1 is 1.39 bits per heavy atom. The zero-order valence-corrected chi connectivity index (χ0v) is 12.3. The molecule has 1 rings (SSSR count). The van der Waals surface area contributed by atoms with Crippen molar-refractivity contribution in [2.75, 3.05) is 34.0 Å². The first-order valence-electron chi connectivity index (χ1n) is 5.85. The standard InChI is InChI=1S/C13H19BrFNO2/c1-16-12(9-18-6-5-17-2)7-10-3-4-11(14)8-13(10)15/h3-4,8,12,16H,5-7,9H2,1-2H3. The van der Waals surface area contributed by atoms with E-state index in [4.69, 9.17) is 9.47 Å². The number of hydrogen-bond donors (Lipinski definition) is 1. The molecule has 1 aromatic carbocycles. The van der Waals surface area contributed by atoms with Gasteiger partial charge in [-0.2, -0.15) is 0 Å². The molecule has 0 amide bonds. The first kappa shape index (κ1) is 15.6. The third-order valence-electron chi connectivity index (χ3n) is 2.64.